The topological polar surface area (TPSA) is 46.2 Å². The molecule has 0 bridgehead atoms. The molecule has 0 aliphatic heterocycles. The highest BCUT2D eigenvalue weighted by atomic mass is 16.7. The largest absolute Gasteiger partial charge is 0.549 e. The van der Waals surface area contributed by atoms with Crippen molar-refractivity contribution in [3.05, 3.63) is 0 Å². The van der Waals surface area contributed by atoms with Crippen molar-refractivity contribution in [2.24, 2.45) is 0 Å². The van der Waals surface area contributed by atoms with E-state index in [0.29, 0.717) is 0 Å². The molecule has 3 heteroatoms. The summed E-state index contributed by atoms with van der Waals surface area (Å²) in [7, 11) is 0. The van der Waals surface area contributed by atoms with Crippen LogP contribution < -0.4 is 0 Å². The third kappa shape index (κ3) is 11.3. The molecule has 0 aliphatic rings. The summed E-state index contributed by atoms with van der Waals surface area (Å²) in [5.41, 5.74) is 0. The first-order valence-corrected chi connectivity index (χ1v) is 5.11. The van der Waals surface area contributed by atoms with Crippen molar-refractivity contribution in [1.82, 2.24) is 0 Å². The third-order valence-electron chi connectivity index (χ3n) is 1.97. The van der Waals surface area contributed by atoms with E-state index < -0.39 is 6.16 Å². The average Bonchev–Trinajstić information content (AvgIpc) is 2.09. The van der Waals surface area contributed by atoms with Crippen molar-refractivity contribution < 1.29 is 14.6 Å². The molecule has 0 spiro atoms. The summed E-state index contributed by atoms with van der Waals surface area (Å²) in [5.74, 6) is 0. The minimum atomic E-state index is -1.41. The summed E-state index contributed by atoms with van der Waals surface area (Å²) in [6.07, 6.45) is 6.74. The van der Waals surface area contributed by atoms with Crippen LogP contribution in [0.25, 0.3) is 0 Å². The molecule has 0 saturated carbocycles. The second kappa shape index (κ2) is 9.36. The fraction of sp³-hybridized carbons (Fsp3) is 0.900. The second-order valence-electron chi connectivity index (χ2n) is 3.22. The predicted molar refractivity (Wildman–Crippen MR) is 50.0 cm³/mol. The van der Waals surface area contributed by atoms with Crippen molar-refractivity contribution in [3.63, 3.8) is 0 Å². The van der Waals surface area contributed by atoms with Crippen LogP contribution >= 0.6 is 0 Å². The van der Waals surface area contributed by atoms with Crippen LogP contribution in [0.1, 0.15) is 51.9 Å². The van der Waals surface area contributed by atoms with E-state index in [1.165, 1.54) is 32.1 Å². The summed E-state index contributed by atoms with van der Waals surface area (Å²) < 4.78 is 4.28. The zero-order valence-electron chi connectivity index (χ0n) is 8.38. The number of ether oxygens (including phenoxy) is 1. The summed E-state index contributed by atoms with van der Waals surface area (Å²) in [4.78, 5) is 9.84. The lowest BCUT2D eigenvalue weighted by atomic mass is 10.1. The van der Waals surface area contributed by atoms with Gasteiger partial charge in [-0.15, -0.1) is 0 Å². The fourth-order valence-electron chi connectivity index (χ4n) is 1.21. The van der Waals surface area contributed by atoms with Gasteiger partial charge in [0.1, 0.15) is 0 Å². The maximum absolute atomic E-state index is 9.84. The van der Waals surface area contributed by atoms with Gasteiger partial charge in [-0.2, -0.15) is 9.90 Å². The number of carbonyl (C=O) groups is 1. The number of hydrogen-bond acceptors (Lipinski definition) is 2. The van der Waals surface area contributed by atoms with E-state index in [1.807, 2.05) is 0 Å². The third-order valence-corrected chi connectivity index (χ3v) is 1.97. The van der Waals surface area contributed by atoms with Gasteiger partial charge >= 0.3 is 6.16 Å². The Kier molecular flexibility index (Phi) is 8.83. The van der Waals surface area contributed by atoms with E-state index >= 15 is 0 Å². The Morgan fingerprint density at radius 3 is 2.08 bits per heavy atom. The van der Waals surface area contributed by atoms with Crippen LogP contribution in [0.5, 0.6) is 0 Å². The minimum Gasteiger partial charge on any atom is -0.432 e. The van der Waals surface area contributed by atoms with Crippen LogP contribution in [-0.4, -0.2) is 12.8 Å². The first-order valence-electron chi connectivity index (χ1n) is 5.11. The zero-order chi connectivity index (χ0) is 9.94. The lowest BCUT2D eigenvalue weighted by Crippen LogP contribution is -1.99. The van der Waals surface area contributed by atoms with Gasteiger partial charge in [-0.3, -0.25) is 0 Å². The van der Waals surface area contributed by atoms with Gasteiger partial charge in [-0.05, 0) is 6.42 Å². The van der Waals surface area contributed by atoms with E-state index in [1.54, 1.807) is 0 Å². The van der Waals surface area contributed by atoms with Gasteiger partial charge in [0, 0.05) is 0 Å². The average molecular weight is 187 g/mol. The highest BCUT2D eigenvalue weighted by molar-refractivity contribution is 5.56. The number of carbonyl (C=O) groups excluding carboxylic acids is 1. The van der Waals surface area contributed by atoms with E-state index in [9.17, 15) is 9.90 Å². The molecular weight excluding hydrogens is 168 g/mol. The molecule has 0 aliphatic carbocycles. The van der Waals surface area contributed by atoms with Crippen LogP contribution in [0, 0.1) is 0 Å². The molecule has 0 amide bonds. The molecule has 1 radical (unpaired) electrons. The quantitative estimate of drug-likeness (QED) is 0.432. The molecule has 0 heterocycles. The first kappa shape index (κ1) is 12.3. The summed E-state index contributed by atoms with van der Waals surface area (Å²) >= 11 is 0. The molecule has 0 aromatic heterocycles. The van der Waals surface area contributed by atoms with Crippen molar-refractivity contribution >= 4 is 6.16 Å². The van der Waals surface area contributed by atoms with E-state index in [2.05, 4.69) is 11.7 Å². The fourth-order valence-corrected chi connectivity index (χ4v) is 1.21. The second-order valence-corrected chi connectivity index (χ2v) is 3.22. The Balaban J connectivity index is 2.87. The van der Waals surface area contributed by atoms with Gasteiger partial charge in [0.25, 0.3) is 0 Å². The standard InChI is InChI=1S/C10H19O3/c1-2-3-4-5-6-7-8-9-13-10(11)12/h2-9H2,1H3. The van der Waals surface area contributed by atoms with E-state index in [4.69, 9.17) is 0 Å². The maximum Gasteiger partial charge on any atom is 0.549 e. The highest BCUT2D eigenvalue weighted by Gasteiger charge is 1.97. The molecule has 0 aromatic carbocycles. The maximum atomic E-state index is 9.84. The molecular formula is C10H19O3. The Morgan fingerprint density at radius 1 is 1.00 bits per heavy atom. The van der Waals surface area contributed by atoms with E-state index in [-0.39, 0.29) is 6.61 Å². The van der Waals surface area contributed by atoms with Crippen molar-refractivity contribution in [3.8, 4) is 0 Å². The Labute approximate surface area is 80.1 Å². The molecule has 13 heavy (non-hydrogen) atoms. The van der Waals surface area contributed by atoms with Gasteiger partial charge in [-0.1, -0.05) is 45.4 Å². The summed E-state index contributed by atoms with van der Waals surface area (Å²) in [6.45, 7) is 2.48. The highest BCUT2D eigenvalue weighted by Crippen LogP contribution is 2.06. The molecule has 0 atom stereocenters. The Morgan fingerprint density at radius 2 is 1.54 bits per heavy atom. The van der Waals surface area contributed by atoms with Gasteiger partial charge in [0.15, 0.2) is 0 Å². The smallest absolute Gasteiger partial charge is 0.432 e. The lowest BCUT2D eigenvalue weighted by Gasteiger charge is -2.00. The molecule has 77 valence electrons. The monoisotopic (exact) mass is 187 g/mol. The van der Waals surface area contributed by atoms with Crippen molar-refractivity contribution in [2.45, 2.75) is 51.9 Å². The van der Waals surface area contributed by atoms with Gasteiger partial charge < -0.3 is 4.74 Å². The van der Waals surface area contributed by atoms with Crippen molar-refractivity contribution in [1.29, 1.82) is 0 Å². The number of rotatable bonds is 8. The number of hydrogen-bond donors (Lipinski definition) is 0. The van der Waals surface area contributed by atoms with Crippen LogP contribution in [0.3, 0.4) is 0 Å². The van der Waals surface area contributed by atoms with Gasteiger partial charge in [0.05, 0.1) is 6.61 Å². The van der Waals surface area contributed by atoms with Crippen LogP contribution in [0.4, 0.5) is 4.79 Å². The SMILES string of the molecule is CCCCCCCCCOC([O])=O. The van der Waals surface area contributed by atoms with Gasteiger partial charge in [0.2, 0.25) is 0 Å². The molecule has 0 saturated heterocycles. The molecule has 0 fully saturated rings. The Bertz CT molecular complexity index is 123. The zero-order valence-corrected chi connectivity index (χ0v) is 8.38. The molecule has 0 N–H and O–H groups in total. The number of unbranched alkanes of at least 4 members (excludes halogenated alkanes) is 6. The normalized spacial score (nSPS) is 9.92. The van der Waals surface area contributed by atoms with Crippen LogP contribution in [-0.2, 0) is 9.84 Å². The van der Waals surface area contributed by atoms with Crippen molar-refractivity contribution in [2.75, 3.05) is 6.61 Å². The Hall–Kier alpha value is -0.730. The van der Waals surface area contributed by atoms with Crippen LogP contribution in [0.2, 0.25) is 0 Å². The molecule has 0 aromatic rings. The van der Waals surface area contributed by atoms with Gasteiger partial charge in [-0.25, -0.2) is 0 Å². The lowest BCUT2D eigenvalue weighted by molar-refractivity contribution is 0.0664. The predicted octanol–water partition coefficient (Wildman–Crippen LogP) is 3.30. The summed E-state index contributed by atoms with van der Waals surface area (Å²) in [5, 5.41) is 9.84. The first-order chi connectivity index (χ1) is 6.27. The molecule has 0 rings (SSSR count). The summed E-state index contributed by atoms with van der Waals surface area (Å²) in [6, 6.07) is 0. The minimum absolute atomic E-state index is 0.288. The van der Waals surface area contributed by atoms with E-state index in [0.717, 1.165) is 12.8 Å². The molecule has 0 unspecified atom stereocenters. The van der Waals surface area contributed by atoms with Crippen LogP contribution in [0.15, 0.2) is 0 Å². The molecule has 3 nitrogen and oxygen atoms in total.